The Morgan fingerprint density at radius 2 is 2.38 bits per heavy atom. The molecule has 0 aliphatic carbocycles. The third-order valence-corrected chi connectivity index (χ3v) is 5.09. The molecule has 1 aliphatic heterocycles. The summed E-state index contributed by atoms with van der Waals surface area (Å²) in [5, 5.41) is 16.9. The van der Waals surface area contributed by atoms with E-state index < -0.39 is 0 Å². The van der Waals surface area contributed by atoms with Crippen molar-refractivity contribution in [3.63, 3.8) is 0 Å². The minimum atomic E-state index is -0.198. The first kappa shape index (κ1) is 16.3. The molecule has 1 aliphatic rings. The minimum absolute atomic E-state index is 0.0213. The lowest BCUT2D eigenvalue weighted by Gasteiger charge is -2.32. The molecule has 2 heterocycles. The van der Waals surface area contributed by atoms with Crippen molar-refractivity contribution in [2.24, 2.45) is 0 Å². The Morgan fingerprint density at radius 1 is 1.57 bits per heavy atom. The highest BCUT2D eigenvalue weighted by molar-refractivity contribution is 7.10. The van der Waals surface area contributed by atoms with E-state index in [1.54, 1.807) is 0 Å². The van der Waals surface area contributed by atoms with Crippen LogP contribution in [0.4, 0.5) is 4.79 Å². The molecule has 2 rings (SSSR count). The lowest BCUT2D eigenvalue weighted by atomic mass is 10.1. The van der Waals surface area contributed by atoms with Crippen LogP contribution in [0.25, 0.3) is 0 Å². The van der Waals surface area contributed by atoms with Crippen molar-refractivity contribution in [1.82, 2.24) is 15.5 Å². The van der Waals surface area contributed by atoms with Crippen LogP contribution in [0.3, 0.4) is 0 Å². The molecule has 21 heavy (non-hydrogen) atoms. The maximum Gasteiger partial charge on any atom is 0.315 e. The molecule has 0 spiro atoms. The molecule has 2 amide bonds. The van der Waals surface area contributed by atoms with Crippen LogP contribution in [-0.2, 0) is 13.0 Å². The second-order valence-electron chi connectivity index (χ2n) is 5.58. The molecule has 2 atom stereocenters. The molecule has 6 heteroatoms. The molecule has 0 radical (unpaired) electrons. The van der Waals surface area contributed by atoms with E-state index in [0.29, 0.717) is 12.6 Å². The molecule has 1 aromatic heterocycles. The largest absolute Gasteiger partial charge is 0.394 e. The Bertz CT molecular complexity index is 460. The molecular weight excluding hydrogens is 286 g/mol. The predicted molar refractivity (Wildman–Crippen MR) is 85.6 cm³/mol. The van der Waals surface area contributed by atoms with Crippen LogP contribution in [0, 0.1) is 0 Å². The van der Waals surface area contributed by atoms with Crippen LogP contribution in [-0.4, -0.2) is 47.8 Å². The van der Waals surface area contributed by atoms with Crippen molar-refractivity contribution in [3.8, 4) is 0 Å². The summed E-state index contributed by atoms with van der Waals surface area (Å²) >= 11 is 1.84. The van der Waals surface area contributed by atoms with Gasteiger partial charge in [-0.25, -0.2) is 4.79 Å². The highest BCUT2D eigenvalue weighted by atomic mass is 32.1. The van der Waals surface area contributed by atoms with Gasteiger partial charge in [0.1, 0.15) is 0 Å². The van der Waals surface area contributed by atoms with Crippen molar-refractivity contribution >= 4 is 17.4 Å². The van der Waals surface area contributed by atoms with Gasteiger partial charge >= 0.3 is 6.03 Å². The van der Waals surface area contributed by atoms with Crippen LogP contribution in [0.5, 0.6) is 0 Å². The number of hydrogen-bond acceptors (Lipinski definition) is 4. The molecule has 0 saturated heterocycles. The summed E-state index contributed by atoms with van der Waals surface area (Å²) in [6, 6.07) is 2.14. The number of carbonyl (C=O) groups is 1. The SMILES string of the molecule is CCC(CO)NC(=O)NCC(C)N1CCc2sccc2C1. The maximum absolute atomic E-state index is 11.8. The van der Waals surface area contributed by atoms with Gasteiger partial charge in [0, 0.05) is 30.6 Å². The quantitative estimate of drug-likeness (QED) is 0.747. The molecule has 2 unspecified atom stereocenters. The van der Waals surface area contributed by atoms with Gasteiger partial charge in [-0.3, -0.25) is 4.90 Å². The second kappa shape index (κ2) is 7.77. The Balaban J connectivity index is 1.75. The first-order valence-electron chi connectivity index (χ1n) is 7.58. The lowest BCUT2D eigenvalue weighted by Crippen LogP contribution is -2.49. The maximum atomic E-state index is 11.8. The highest BCUT2D eigenvalue weighted by Gasteiger charge is 2.21. The fourth-order valence-corrected chi connectivity index (χ4v) is 3.42. The van der Waals surface area contributed by atoms with Gasteiger partial charge in [0.2, 0.25) is 0 Å². The van der Waals surface area contributed by atoms with E-state index in [-0.39, 0.29) is 18.7 Å². The smallest absolute Gasteiger partial charge is 0.315 e. The van der Waals surface area contributed by atoms with Crippen molar-refractivity contribution in [1.29, 1.82) is 0 Å². The van der Waals surface area contributed by atoms with E-state index >= 15 is 0 Å². The van der Waals surface area contributed by atoms with E-state index in [1.165, 1.54) is 10.4 Å². The van der Waals surface area contributed by atoms with Gasteiger partial charge in [0.05, 0.1) is 12.6 Å². The normalized spacial score (nSPS) is 17.9. The first-order valence-corrected chi connectivity index (χ1v) is 8.46. The minimum Gasteiger partial charge on any atom is -0.394 e. The van der Waals surface area contributed by atoms with Gasteiger partial charge in [0.25, 0.3) is 0 Å². The summed E-state index contributed by atoms with van der Waals surface area (Å²) in [5.41, 5.74) is 1.42. The zero-order valence-corrected chi connectivity index (χ0v) is 13.6. The first-order chi connectivity index (χ1) is 10.1. The number of aliphatic hydroxyl groups is 1. The summed E-state index contributed by atoms with van der Waals surface area (Å²) in [7, 11) is 0. The molecule has 0 saturated carbocycles. The van der Waals surface area contributed by atoms with Crippen molar-refractivity contribution in [3.05, 3.63) is 21.9 Å². The molecule has 5 nitrogen and oxygen atoms in total. The fraction of sp³-hybridized carbons (Fsp3) is 0.667. The number of urea groups is 1. The average molecular weight is 311 g/mol. The van der Waals surface area contributed by atoms with Crippen LogP contribution >= 0.6 is 11.3 Å². The second-order valence-corrected chi connectivity index (χ2v) is 6.58. The number of carbonyl (C=O) groups excluding carboxylic acids is 1. The Morgan fingerprint density at radius 3 is 3.10 bits per heavy atom. The monoisotopic (exact) mass is 311 g/mol. The summed E-state index contributed by atoms with van der Waals surface area (Å²) in [6.45, 7) is 6.69. The summed E-state index contributed by atoms with van der Waals surface area (Å²) in [4.78, 5) is 15.7. The van der Waals surface area contributed by atoms with Crippen LogP contribution < -0.4 is 10.6 Å². The lowest BCUT2D eigenvalue weighted by molar-refractivity contribution is 0.183. The number of thiophene rings is 1. The molecule has 3 N–H and O–H groups in total. The van der Waals surface area contributed by atoms with Gasteiger partial charge < -0.3 is 15.7 Å². The van der Waals surface area contributed by atoms with Crippen LogP contribution in [0.1, 0.15) is 30.7 Å². The third-order valence-electron chi connectivity index (χ3n) is 4.07. The molecule has 0 aromatic carbocycles. The zero-order chi connectivity index (χ0) is 15.2. The number of rotatable bonds is 6. The van der Waals surface area contributed by atoms with Gasteiger partial charge in [-0.15, -0.1) is 11.3 Å². The van der Waals surface area contributed by atoms with Crippen molar-refractivity contribution < 1.29 is 9.90 Å². The number of fused-ring (bicyclic) bond motifs is 1. The van der Waals surface area contributed by atoms with E-state index in [0.717, 1.165) is 25.9 Å². The topological polar surface area (TPSA) is 64.6 Å². The Hall–Kier alpha value is -1.11. The number of nitrogens with zero attached hydrogens (tertiary/aromatic N) is 1. The van der Waals surface area contributed by atoms with E-state index in [9.17, 15) is 4.79 Å². The summed E-state index contributed by atoms with van der Waals surface area (Å²) in [5.74, 6) is 0. The third kappa shape index (κ3) is 4.43. The highest BCUT2D eigenvalue weighted by Crippen LogP contribution is 2.24. The number of nitrogens with one attached hydrogen (secondary N) is 2. The van der Waals surface area contributed by atoms with Crippen molar-refractivity contribution in [2.75, 3.05) is 19.7 Å². The Labute approximate surface area is 130 Å². The standard InChI is InChI=1S/C15H25N3O2S/c1-3-13(10-19)17-15(20)16-8-11(2)18-6-4-14-12(9-18)5-7-21-14/h5,7,11,13,19H,3-4,6,8-10H2,1-2H3,(H2,16,17,20). The van der Waals surface area contributed by atoms with E-state index in [1.807, 2.05) is 18.3 Å². The fourth-order valence-electron chi connectivity index (χ4n) is 2.53. The summed E-state index contributed by atoms with van der Waals surface area (Å²) < 4.78 is 0. The number of amides is 2. The molecule has 1 aromatic rings. The number of aliphatic hydroxyl groups excluding tert-OH is 1. The zero-order valence-electron chi connectivity index (χ0n) is 12.8. The van der Waals surface area contributed by atoms with Gasteiger partial charge in [-0.2, -0.15) is 0 Å². The average Bonchev–Trinajstić information content (AvgIpc) is 2.97. The number of hydrogen-bond donors (Lipinski definition) is 3. The van der Waals surface area contributed by atoms with Crippen LogP contribution in [0.15, 0.2) is 11.4 Å². The van der Waals surface area contributed by atoms with Crippen LogP contribution in [0.2, 0.25) is 0 Å². The van der Waals surface area contributed by atoms with Gasteiger partial charge in [-0.05, 0) is 36.8 Å². The van der Waals surface area contributed by atoms with E-state index in [2.05, 4.69) is 33.9 Å². The molecule has 118 valence electrons. The Kier molecular flexibility index (Phi) is 6.02. The summed E-state index contributed by atoms with van der Waals surface area (Å²) in [6.07, 6.45) is 1.83. The predicted octanol–water partition coefficient (Wildman–Crippen LogP) is 1.56. The van der Waals surface area contributed by atoms with Crippen molar-refractivity contribution in [2.45, 2.75) is 45.3 Å². The van der Waals surface area contributed by atoms with Gasteiger partial charge in [0.15, 0.2) is 0 Å². The van der Waals surface area contributed by atoms with Gasteiger partial charge in [-0.1, -0.05) is 6.92 Å². The molecule has 0 fully saturated rings. The van der Waals surface area contributed by atoms with E-state index in [4.69, 9.17) is 5.11 Å². The molecular formula is C15H25N3O2S. The molecule has 0 bridgehead atoms.